The van der Waals surface area contributed by atoms with Crippen molar-refractivity contribution >= 4 is 29.4 Å². The molecule has 0 bridgehead atoms. The standard InChI is InChI=1S/C24H25N3O8/c1-33-15-4-5-16(20(10-15)34-2)14-3-6-18-17(9-14)24(32)27-8-7-26(11-19(27)23(31)25-18)21(28)12-35-13-22(29)30/h3-6,9-10,19H,7-8,11-13H2,1-2H3,(H,25,31)(H,29,30)/t19-/m1/s1. The molecule has 0 unspecified atom stereocenters. The maximum Gasteiger partial charge on any atom is 0.329 e. The molecule has 184 valence electrons. The van der Waals surface area contributed by atoms with E-state index in [2.05, 4.69) is 5.32 Å². The van der Waals surface area contributed by atoms with Crippen LogP contribution in [0.2, 0.25) is 0 Å². The summed E-state index contributed by atoms with van der Waals surface area (Å²) in [6.07, 6.45) is 0. The Kier molecular flexibility index (Phi) is 6.87. The number of carbonyl (C=O) groups excluding carboxylic acids is 3. The molecule has 4 rings (SSSR count). The highest BCUT2D eigenvalue weighted by atomic mass is 16.5. The van der Waals surface area contributed by atoms with Gasteiger partial charge in [-0.3, -0.25) is 14.4 Å². The van der Waals surface area contributed by atoms with Gasteiger partial charge in [-0.25, -0.2) is 4.79 Å². The van der Waals surface area contributed by atoms with E-state index in [1.807, 2.05) is 6.07 Å². The predicted molar refractivity (Wildman–Crippen MR) is 123 cm³/mol. The number of carboxylic acid groups (broad SMARTS) is 1. The second-order valence-electron chi connectivity index (χ2n) is 8.06. The van der Waals surface area contributed by atoms with Crippen LogP contribution in [0, 0.1) is 0 Å². The molecule has 2 aromatic rings. The first-order valence-corrected chi connectivity index (χ1v) is 10.9. The zero-order valence-corrected chi connectivity index (χ0v) is 19.3. The summed E-state index contributed by atoms with van der Waals surface area (Å²) in [5.74, 6) is -1.15. The van der Waals surface area contributed by atoms with Gasteiger partial charge in [0, 0.05) is 24.7 Å². The number of piperazine rings is 1. The molecule has 0 aromatic heterocycles. The van der Waals surface area contributed by atoms with E-state index >= 15 is 0 Å². The smallest absolute Gasteiger partial charge is 0.329 e. The maximum atomic E-state index is 13.5. The SMILES string of the molecule is COc1ccc(-c2ccc3c(c2)C(=O)N2CCN(C(=O)COCC(=O)O)C[C@@H]2C(=O)N3)c(OC)c1. The number of anilines is 1. The summed E-state index contributed by atoms with van der Waals surface area (Å²) in [7, 11) is 3.11. The highest BCUT2D eigenvalue weighted by molar-refractivity contribution is 6.11. The highest BCUT2D eigenvalue weighted by Crippen LogP contribution is 2.36. The summed E-state index contributed by atoms with van der Waals surface area (Å²) in [4.78, 5) is 52.3. The van der Waals surface area contributed by atoms with Gasteiger partial charge in [0.2, 0.25) is 11.8 Å². The number of benzene rings is 2. The van der Waals surface area contributed by atoms with Crippen molar-refractivity contribution in [2.45, 2.75) is 6.04 Å². The minimum Gasteiger partial charge on any atom is -0.497 e. The largest absolute Gasteiger partial charge is 0.497 e. The number of carboxylic acids is 1. The summed E-state index contributed by atoms with van der Waals surface area (Å²) in [5, 5.41) is 11.5. The highest BCUT2D eigenvalue weighted by Gasteiger charge is 2.40. The van der Waals surface area contributed by atoms with Crippen molar-refractivity contribution in [2.24, 2.45) is 0 Å². The lowest BCUT2D eigenvalue weighted by Gasteiger charge is -2.39. The Bertz CT molecular complexity index is 1180. The third-order valence-corrected chi connectivity index (χ3v) is 5.98. The summed E-state index contributed by atoms with van der Waals surface area (Å²) in [5.41, 5.74) is 2.20. The summed E-state index contributed by atoms with van der Waals surface area (Å²) >= 11 is 0. The maximum absolute atomic E-state index is 13.5. The molecule has 0 spiro atoms. The molecule has 0 aliphatic carbocycles. The minimum absolute atomic E-state index is 0.0139. The first kappa shape index (κ1) is 24.0. The molecule has 3 amide bonds. The number of aliphatic carboxylic acids is 1. The second-order valence-corrected chi connectivity index (χ2v) is 8.06. The van der Waals surface area contributed by atoms with E-state index in [1.54, 1.807) is 44.6 Å². The number of rotatable bonds is 7. The van der Waals surface area contributed by atoms with Gasteiger partial charge in [0.25, 0.3) is 5.91 Å². The Morgan fingerprint density at radius 3 is 2.54 bits per heavy atom. The van der Waals surface area contributed by atoms with Crippen LogP contribution in [-0.4, -0.2) is 91.7 Å². The number of ether oxygens (including phenoxy) is 3. The third kappa shape index (κ3) is 4.90. The van der Waals surface area contributed by atoms with Crippen LogP contribution in [0.15, 0.2) is 36.4 Å². The molecule has 2 heterocycles. The molecule has 11 nitrogen and oxygen atoms in total. The van der Waals surface area contributed by atoms with Crippen LogP contribution in [0.1, 0.15) is 10.4 Å². The molecule has 1 atom stereocenters. The molecule has 0 radical (unpaired) electrons. The fraction of sp³-hybridized carbons (Fsp3) is 0.333. The summed E-state index contributed by atoms with van der Waals surface area (Å²) in [6, 6.07) is 9.66. The molecular formula is C24H25N3O8. The normalized spacial score (nSPS) is 17.1. The molecule has 2 aliphatic rings. The quantitative estimate of drug-likeness (QED) is 0.597. The van der Waals surface area contributed by atoms with Crippen molar-refractivity contribution < 1.29 is 38.5 Å². The Labute approximate surface area is 201 Å². The zero-order valence-electron chi connectivity index (χ0n) is 19.3. The first-order valence-electron chi connectivity index (χ1n) is 10.9. The fourth-order valence-corrected chi connectivity index (χ4v) is 4.20. The van der Waals surface area contributed by atoms with E-state index in [9.17, 15) is 19.2 Å². The van der Waals surface area contributed by atoms with Gasteiger partial charge < -0.3 is 34.4 Å². The molecule has 2 N–H and O–H groups in total. The van der Waals surface area contributed by atoms with Crippen LogP contribution in [0.25, 0.3) is 11.1 Å². The van der Waals surface area contributed by atoms with Crippen molar-refractivity contribution in [2.75, 3.05) is 52.4 Å². The molecular weight excluding hydrogens is 458 g/mol. The molecule has 2 aromatic carbocycles. The summed E-state index contributed by atoms with van der Waals surface area (Å²) in [6.45, 7) is -0.671. The van der Waals surface area contributed by atoms with Gasteiger partial charge in [0.15, 0.2) is 0 Å². The summed E-state index contributed by atoms with van der Waals surface area (Å²) < 4.78 is 15.6. The van der Waals surface area contributed by atoms with Gasteiger partial charge >= 0.3 is 5.97 Å². The molecule has 1 fully saturated rings. The zero-order chi connectivity index (χ0) is 25.1. The molecule has 0 saturated carbocycles. The predicted octanol–water partition coefficient (Wildman–Crippen LogP) is 1.08. The lowest BCUT2D eigenvalue weighted by atomic mass is 10.00. The minimum atomic E-state index is -1.18. The van der Waals surface area contributed by atoms with E-state index in [0.29, 0.717) is 22.7 Å². The number of carbonyl (C=O) groups is 4. The number of amides is 3. The van der Waals surface area contributed by atoms with Crippen LogP contribution in [0.3, 0.4) is 0 Å². The lowest BCUT2D eigenvalue weighted by Crippen LogP contribution is -2.60. The van der Waals surface area contributed by atoms with E-state index in [-0.39, 0.29) is 25.5 Å². The second kappa shape index (κ2) is 10.0. The van der Waals surface area contributed by atoms with Crippen molar-refractivity contribution in [1.29, 1.82) is 0 Å². The van der Waals surface area contributed by atoms with Gasteiger partial charge in [-0.2, -0.15) is 0 Å². The van der Waals surface area contributed by atoms with Gasteiger partial charge in [-0.15, -0.1) is 0 Å². The Hall–Kier alpha value is -4.12. The van der Waals surface area contributed by atoms with Crippen molar-refractivity contribution in [3.63, 3.8) is 0 Å². The molecule has 11 heteroatoms. The Morgan fingerprint density at radius 1 is 1.03 bits per heavy atom. The van der Waals surface area contributed by atoms with Gasteiger partial charge in [-0.1, -0.05) is 6.07 Å². The van der Waals surface area contributed by atoms with E-state index in [4.69, 9.17) is 19.3 Å². The fourth-order valence-electron chi connectivity index (χ4n) is 4.20. The van der Waals surface area contributed by atoms with Gasteiger partial charge in [0.05, 0.1) is 32.0 Å². The van der Waals surface area contributed by atoms with Crippen LogP contribution < -0.4 is 14.8 Å². The van der Waals surface area contributed by atoms with E-state index in [0.717, 1.165) is 11.1 Å². The van der Waals surface area contributed by atoms with Gasteiger partial charge in [-0.05, 0) is 29.8 Å². The number of nitrogens with zero attached hydrogens (tertiary/aromatic N) is 2. The van der Waals surface area contributed by atoms with E-state index in [1.165, 1.54) is 9.80 Å². The average Bonchev–Trinajstić information content (AvgIpc) is 2.97. The number of nitrogens with one attached hydrogen (secondary N) is 1. The number of fused-ring (bicyclic) bond motifs is 2. The average molecular weight is 483 g/mol. The lowest BCUT2D eigenvalue weighted by molar-refractivity contribution is -0.147. The van der Waals surface area contributed by atoms with Gasteiger partial charge in [0.1, 0.15) is 30.8 Å². The van der Waals surface area contributed by atoms with Crippen molar-refractivity contribution in [1.82, 2.24) is 9.80 Å². The van der Waals surface area contributed by atoms with Crippen molar-refractivity contribution in [3.8, 4) is 22.6 Å². The Balaban J connectivity index is 1.57. The topological polar surface area (TPSA) is 135 Å². The number of methoxy groups -OCH3 is 2. The molecule has 35 heavy (non-hydrogen) atoms. The number of hydrogen-bond acceptors (Lipinski definition) is 7. The third-order valence-electron chi connectivity index (χ3n) is 5.98. The monoisotopic (exact) mass is 483 g/mol. The molecule has 2 aliphatic heterocycles. The van der Waals surface area contributed by atoms with Crippen molar-refractivity contribution in [3.05, 3.63) is 42.0 Å². The first-order chi connectivity index (χ1) is 16.8. The van der Waals surface area contributed by atoms with E-state index < -0.39 is 37.0 Å². The van der Waals surface area contributed by atoms with Crippen LogP contribution in [-0.2, 0) is 19.1 Å². The molecule has 1 saturated heterocycles. The van der Waals surface area contributed by atoms with Crippen LogP contribution in [0.4, 0.5) is 5.69 Å². The van der Waals surface area contributed by atoms with Crippen LogP contribution >= 0.6 is 0 Å². The van der Waals surface area contributed by atoms with Crippen LogP contribution in [0.5, 0.6) is 11.5 Å². The number of hydrogen-bond donors (Lipinski definition) is 2. The Morgan fingerprint density at radius 2 is 1.83 bits per heavy atom.